The Balaban J connectivity index is 1.49. The first-order valence-electron chi connectivity index (χ1n) is 10.7. The Morgan fingerprint density at radius 2 is 1.87 bits per heavy atom. The molecule has 2 aromatic heterocycles. The van der Waals surface area contributed by atoms with Crippen molar-refractivity contribution in [1.82, 2.24) is 14.5 Å². The zero-order valence-corrected chi connectivity index (χ0v) is 17.4. The minimum Gasteiger partial charge on any atom is -0.462 e. The van der Waals surface area contributed by atoms with E-state index in [0.717, 1.165) is 53.6 Å². The van der Waals surface area contributed by atoms with Gasteiger partial charge in [0.25, 0.3) is 0 Å². The lowest BCUT2D eigenvalue weighted by Crippen LogP contribution is -2.38. The van der Waals surface area contributed by atoms with E-state index < -0.39 is 0 Å². The van der Waals surface area contributed by atoms with E-state index in [1.807, 2.05) is 53.1 Å². The Morgan fingerprint density at radius 3 is 2.68 bits per heavy atom. The largest absolute Gasteiger partial charge is 0.462 e. The number of imidazole rings is 1. The second-order valence-corrected chi connectivity index (χ2v) is 7.79. The first-order chi connectivity index (χ1) is 15.2. The molecule has 3 heterocycles. The number of nitrogens with zero attached hydrogens (tertiary/aromatic N) is 3. The molecule has 1 fully saturated rings. The number of anilines is 1. The molecule has 1 aliphatic rings. The van der Waals surface area contributed by atoms with Crippen molar-refractivity contribution in [3.8, 4) is 0 Å². The van der Waals surface area contributed by atoms with Gasteiger partial charge in [-0.2, -0.15) is 0 Å². The summed E-state index contributed by atoms with van der Waals surface area (Å²) in [7, 11) is 0. The van der Waals surface area contributed by atoms with Gasteiger partial charge in [-0.05, 0) is 38.0 Å². The summed E-state index contributed by atoms with van der Waals surface area (Å²) in [5, 5.41) is 0.941. The molecule has 0 radical (unpaired) electrons. The Bertz CT molecular complexity index is 1320. The number of para-hydroxylation sites is 3. The van der Waals surface area contributed by atoms with Gasteiger partial charge < -0.3 is 14.6 Å². The first kappa shape index (κ1) is 19.4. The van der Waals surface area contributed by atoms with Crippen molar-refractivity contribution < 1.29 is 9.53 Å². The van der Waals surface area contributed by atoms with Crippen LogP contribution in [0.5, 0.6) is 0 Å². The van der Waals surface area contributed by atoms with Crippen LogP contribution >= 0.6 is 0 Å². The third kappa shape index (κ3) is 3.36. The highest BCUT2D eigenvalue weighted by molar-refractivity contribution is 6.05. The lowest BCUT2D eigenvalue weighted by atomic mass is 10.0. The van der Waals surface area contributed by atoms with Crippen molar-refractivity contribution in [2.24, 2.45) is 0 Å². The average molecular weight is 416 g/mol. The molecular weight excluding hydrogens is 392 g/mol. The number of aromatic amines is 1. The van der Waals surface area contributed by atoms with Gasteiger partial charge in [-0.3, -0.25) is 9.55 Å². The molecule has 0 spiro atoms. The SMILES string of the molecule is CCOC(=O)c1cnc2ccccc2c1N1CCC(n2c(=O)[nH]c3ccccc32)CC1. The summed E-state index contributed by atoms with van der Waals surface area (Å²) >= 11 is 0. The Kier molecular flexibility index (Phi) is 4.94. The molecule has 1 aliphatic heterocycles. The van der Waals surface area contributed by atoms with Gasteiger partial charge in [0, 0.05) is 30.7 Å². The quantitative estimate of drug-likeness (QED) is 0.511. The molecule has 0 saturated carbocycles. The lowest BCUT2D eigenvalue weighted by Gasteiger charge is -2.35. The minimum absolute atomic E-state index is 0.0683. The van der Waals surface area contributed by atoms with Crippen LogP contribution < -0.4 is 10.6 Å². The maximum absolute atomic E-state index is 12.7. The number of rotatable bonds is 4. The molecule has 0 atom stereocenters. The number of piperidine rings is 1. The summed E-state index contributed by atoms with van der Waals surface area (Å²) in [5.74, 6) is -0.356. The second kappa shape index (κ2) is 7.91. The average Bonchev–Trinajstić information content (AvgIpc) is 3.14. The van der Waals surface area contributed by atoms with Gasteiger partial charge in [-0.25, -0.2) is 9.59 Å². The first-order valence-corrected chi connectivity index (χ1v) is 10.7. The van der Waals surface area contributed by atoms with Crippen LogP contribution in [0, 0.1) is 0 Å². The second-order valence-electron chi connectivity index (χ2n) is 7.79. The third-order valence-corrected chi connectivity index (χ3v) is 6.01. The van der Waals surface area contributed by atoms with Crippen molar-refractivity contribution in [2.45, 2.75) is 25.8 Å². The predicted octanol–water partition coefficient (Wildman–Crippen LogP) is 3.90. The van der Waals surface area contributed by atoms with Crippen LogP contribution in [0.15, 0.2) is 59.5 Å². The molecule has 2 aromatic carbocycles. The number of pyridine rings is 1. The van der Waals surface area contributed by atoms with Crippen LogP contribution in [0.2, 0.25) is 0 Å². The maximum Gasteiger partial charge on any atom is 0.341 e. The molecule has 4 aromatic rings. The Labute approximate surface area is 179 Å². The van der Waals surface area contributed by atoms with Crippen molar-refractivity contribution in [3.05, 3.63) is 70.8 Å². The number of nitrogens with one attached hydrogen (secondary N) is 1. The third-order valence-electron chi connectivity index (χ3n) is 6.01. The molecule has 0 bridgehead atoms. The summed E-state index contributed by atoms with van der Waals surface area (Å²) in [6.45, 7) is 3.58. The van der Waals surface area contributed by atoms with Gasteiger partial charge in [0.2, 0.25) is 0 Å². The monoisotopic (exact) mass is 416 g/mol. The van der Waals surface area contributed by atoms with E-state index in [9.17, 15) is 9.59 Å². The molecule has 5 rings (SSSR count). The van der Waals surface area contributed by atoms with Gasteiger partial charge in [-0.15, -0.1) is 0 Å². The predicted molar refractivity (Wildman–Crippen MR) is 121 cm³/mol. The molecule has 1 saturated heterocycles. The fourth-order valence-corrected chi connectivity index (χ4v) is 4.61. The summed E-state index contributed by atoms with van der Waals surface area (Å²) < 4.78 is 7.18. The Hall–Kier alpha value is -3.61. The van der Waals surface area contributed by atoms with Gasteiger partial charge in [0.1, 0.15) is 5.56 Å². The highest BCUT2D eigenvalue weighted by Gasteiger charge is 2.28. The number of carbonyl (C=O) groups is 1. The number of ether oxygens (including phenoxy) is 1. The highest BCUT2D eigenvalue weighted by Crippen LogP contribution is 2.34. The molecule has 7 heteroatoms. The zero-order chi connectivity index (χ0) is 21.4. The van der Waals surface area contributed by atoms with Crippen molar-refractivity contribution in [2.75, 3.05) is 24.6 Å². The van der Waals surface area contributed by atoms with E-state index in [1.165, 1.54) is 0 Å². The summed E-state index contributed by atoms with van der Waals surface area (Å²) in [6, 6.07) is 15.7. The number of carbonyl (C=O) groups excluding carboxylic acids is 1. The smallest absolute Gasteiger partial charge is 0.341 e. The van der Waals surface area contributed by atoms with Gasteiger partial charge in [0.05, 0.1) is 28.8 Å². The van der Waals surface area contributed by atoms with Crippen LogP contribution in [0.3, 0.4) is 0 Å². The van der Waals surface area contributed by atoms with E-state index in [-0.39, 0.29) is 17.7 Å². The van der Waals surface area contributed by atoms with Crippen molar-refractivity contribution >= 4 is 33.6 Å². The molecule has 1 N–H and O–H groups in total. The van der Waals surface area contributed by atoms with Crippen LogP contribution in [-0.2, 0) is 4.74 Å². The van der Waals surface area contributed by atoms with Crippen LogP contribution in [0.4, 0.5) is 5.69 Å². The fourth-order valence-electron chi connectivity index (χ4n) is 4.61. The molecule has 31 heavy (non-hydrogen) atoms. The summed E-state index contributed by atoms with van der Waals surface area (Å²) in [5.41, 5.74) is 3.94. The zero-order valence-electron chi connectivity index (χ0n) is 17.4. The van der Waals surface area contributed by atoms with Gasteiger partial charge in [-0.1, -0.05) is 30.3 Å². The van der Waals surface area contributed by atoms with E-state index in [1.54, 1.807) is 13.1 Å². The van der Waals surface area contributed by atoms with E-state index in [4.69, 9.17) is 4.74 Å². The van der Waals surface area contributed by atoms with Crippen LogP contribution in [0.25, 0.3) is 21.9 Å². The fraction of sp³-hybridized carbons (Fsp3) is 0.292. The van der Waals surface area contributed by atoms with Gasteiger partial charge >= 0.3 is 11.7 Å². The standard InChI is InChI=1S/C24H24N4O3/c1-2-31-23(29)18-15-25-19-8-4-3-7-17(19)22(18)27-13-11-16(12-14-27)28-21-10-6-5-9-20(21)26-24(28)30/h3-10,15-16H,2,11-14H2,1H3,(H,26,30). The van der Waals surface area contributed by atoms with Crippen LogP contribution in [-0.4, -0.2) is 40.2 Å². The number of hydrogen-bond acceptors (Lipinski definition) is 5. The molecule has 0 unspecified atom stereocenters. The topological polar surface area (TPSA) is 80.2 Å². The summed E-state index contributed by atoms with van der Waals surface area (Å²) in [4.78, 5) is 34.9. The number of benzene rings is 2. The number of hydrogen-bond donors (Lipinski definition) is 1. The number of H-pyrrole nitrogens is 1. The molecule has 158 valence electrons. The number of esters is 1. The lowest BCUT2D eigenvalue weighted by molar-refractivity contribution is 0.0526. The molecular formula is C24H24N4O3. The van der Waals surface area contributed by atoms with Crippen LogP contribution in [0.1, 0.15) is 36.2 Å². The van der Waals surface area contributed by atoms with Crippen molar-refractivity contribution in [3.63, 3.8) is 0 Å². The van der Waals surface area contributed by atoms with E-state index >= 15 is 0 Å². The highest BCUT2D eigenvalue weighted by atomic mass is 16.5. The van der Waals surface area contributed by atoms with E-state index in [0.29, 0.717) is 12.2 Å². The Morgan fingerprint density at radius 1 is 1.13 bits per heavy atom. The molecule has 0 aliphatic carbocycles. The van der Waals surface area contributed by atoms with Gasteiger partial charge in [0.15, 0.2) is 0 Å². The van der Waals surface area contributed by atoms with Crippen molar-refractivity contribution in [1.29, 1.82) is 0 Å². The molecule has 7 nitrogen and oxygen atoms in total. The summed E-state index contributed by atoms with van der Waals surface area (Å²) in [6.07, 6.45) is 3.23. The normalized spacial score (nSPS) is 14.9. The van der Waals surface area contributed by atoms with E-state index in [2.05, 4.69) is 14.9 Å². The maximum atomic E-state index is 12.7. The number of fused-ring (bicyclic) bond motifs is 2. The minimum atomic E-state index is -0.356. The number of aromatic nitrogens is 3. The molecule has 0 amide bonds.